The Balaban J connectivity index is 2.33. The summed E-state index contributed by atoms with van der Waals surface area (Å²) in [6.45, 7) is 4.76. The maximum atomic E-state index is 12.5. The molecule has 1 aliphatic rings. The van der Waals surface area contributed by atoms with Gasteiger partial charge in [-0.1, -0.05) is 0 Å². The maximum Gasteiger partial charge on any atom is 0.260 e. The SMILES string of the molecule is CC(C)n1nccc1S(=O)(=O)N1CCC[C@@H](N)C1. The fourth-order valence-electron chi connectivity index (χ4n) is 2.22. The van der Waals surface area contributed by atoms with E-state index in [1.807, 2.05) is 13.8 Å². The van der Waals surface area contributed by atoms with Crippen LogP contribution in [-0.4, -0.2) is 41.6 Å². The Morgan fingerprint density at radius 3 is 2.83 bits per heavy atom. The average Bonchev–Trinajstić information content (AvgIpc) is 2.78. The molecule has 18 heavy (non-hydrogen) atoms. The summed E-state index contributed by atoms with van der Waals surface area (Å²) in [6, 6.07) is 1.50. The van der Waals surface area contributed by atoms with Crippen LogP contribution in [0.15, 0.2) is 17.3 Å². The number of nitrogens with two attached hydrogens (primary N) is 1. The molecule has 2 heterocycles. The Morgan fingerprint density at radius 2 is 2.22 bits per heavy atom. The third-order valence-corrected chi connectivity index (χ3v) is 5.01. The molecule has 1 aromatic heterocycles. The summed E-state index contributed by atoms with van der Waals surface area (Å²) in [7, 11) is -3.47. The predicted molar refractivity (Wildman–Crippen MR) is 68.6 cm³/mol. The Morgan fingerprint density at radius 1 is 1.50 bits per heavy atom. The highest BCUT2D eigenvalue weighted by atomic mass is 32.2. The topological polar surface area (TPSA) is 81.2 Å². The van der Waals surface area contributed by atoms with Gasteiger partial charge in [-0.25, -0.2) is 8.42 Å². The van der Waals surface area contributed by atoms with E-state index in [1.54, 1.807) is 6.07 Å². The van der Waals surface area contributed by atoms with Gasteiger partial charge in [0.15, 0.2) is 5.03 Å². The predicted octanol–water partition coefficient (Wildman–Crippen LogP) is 0.576. The van der Waals surface area contributed by atoms with E-state index < -0.39 is 10.0 Å². The van der Waals surface area contributed by atoms with Gasteiger partial charge in [0.25, 0.3) is 10.0 Å². The minimum Gasteiger partial charge on any atom is -0.327 e. The molecule has 0 aliphatic carbocycles. The monoisotopic (exact) mass is 272 g/mol. The zero-order chi connectivity index (χ0) is 13.3. The quantitative estimate of drug-likeness (QED) is 0.872. The second-order valence-electron chi connectivity index (χ2n) is 4.97. The molecule has 0 saturated carbocycles. The first-order valence-corrected chi connectivity index (χ1v) is 7.66. The van der Waals surface area contributed by atoms with Crippen LogP contribution in [0.25, 0.3) is 0 Å². The van der Waals surface area contributed by atoms with Crippen molar-refractivity contribution in [3.8, 4) is 0 Å². The van der Waals surface area contributed by atoms with E-state index in [-0.39, 0.29) is 17.1 Å². The molecule has 1 atom stereocenters. The molecular weight excluding hydrogens is 252 g/mol. The van der Waals surface area contributed by atoms with Crippen molar-refractivity contribution in [3.63, 3.8) is 0 Å². The third-order valence-electron chi connectivity index (χ3n) is 3.15. The largest absolute Gasteiger partial charge is 0.327 e. The number of nitrogens with zero attached hydrogens (tertiary/aromatic N) is 3. The summed E-state index contributed by atoms with van der Waals surface area (Å²) in [5, 5.41) is 4.33. The number of sulfonamides is 1. The van der Waals surface area contributed by atoms with Crippen LogP contribution in [0.3, 0.4) is 0 Å². The zero-order valence-electron chi connectivity index (χ0n) is 10.8. The molecule has 102 valence electrons. The van der Waals surface area contributed by atoms with E-state index in [4.69, 9.17) is 5.73 Å². The van der Waals surface area contributed by atoms with Crippen LogP contribution in [0.1, 0.15) is 32.7 Å². The van der Waals surface area contributed by atoms with Crippen LogP contribution >= 0.6 is 0 Å². The molecule has 0 bridgehead atoms. The normalized spacial score (nSPS) is 22.6. The number of piperidine rings is 1. The highest BCUT2D eigenvalue weighted by molar-refractivity contribution is 7.89. The zero-order valence-corrected chi connectivity index (χ0v) is 11.6. The summed E-state index contributed by atoms with van der Waals surface area (Å²) < 4.78 is 28.1. The van der Waals surface area contributed by atoms with E-state index in [0.717, 1.165) is 12.8 Å². The van der Waals surface area contributed by atoms with Crippen molar-refractivity contribution in [2.75, 3.05) is 13.1 Å². The summed E-state index contributed by atoms with van der Waals surface area (Å²) in [4.78, 5) is 0. The van der Waals surface area contributed by atoms with Gasteiger partial charge in [0, 0.05) is 25.2 Å². The number of aromatic nitrogens is 2. The lowest BCUT2D eigenvalue weighted by molar-refractivity contribution is 0.312. The average molecular weight is 272 g/mol. The fourth-order valence-corrected chi connectivity index (χ4v) is 3.97. The standard InChI is InChI=1S/C11H20N4O2S/c1-9(2)15-11(5-6-13-15)18(16,17)14-7-3-4-10(12)8-14/h5-6,9-10H,3-4,7-8,12H2,1-2H3/t10-/m1/s1. The minimum atomic E-state index is -3.47. The molecule has 2 N–H and O–H groups in total. The maximum absolute atomic E-state index is 12.5. The lowest BCUT2D eigenvalue weighted by atomic mass is 10.1. The van der Waals surface area contributed by atoms with Gasteiger partial charge < -0.3 is 5.73 Å². The smallest absolute Gasteiger partial charge is 0.260 e. The van der Waals surface area contributed by atoms with Crippen LogP contribution < -0.4 is 5.73 Å². The highest BCUT2D eigenvalue weighted by Crippen LogP contribution is 2.21. The molecule has 7 heteroatoms. The molecule has 1 aliphatic heterocycles. The summed E-state index contributed by atoms with van der Waals surface area (Å²) in [6.07, 6.45) is 3.22. The van der Waals surface area contributed by atoms with Crippen molar-refractivity contribution < 1.29 is 8.42 Å². The Hall–Kier alpha value is -0.920. The van der Waals surface area contributed by atoms with Crippen molar-refractivity contribution in [1.82, 2.24) is 14.1 Å². The highest BCUT2D eigenvalue weighted by Gasteiger charge is 2.31. The van der Waals surface area contributed by atoms with Gasteiger partial charge in [0.1, 0.15) is 0 Å². The second-order valence-corrected chi connectivity index (χ2v) is 6.86. The number of rotatable bonds is 3. The lowest BCUT2D eigenvalue weighted by Crippen LogP contribution is -2.46. The van der Waals surface area contributed by atoms with Crippen LogP contribution in [-0.2, 0) is 10.0 Å². The molecule has 2 rings (SSSR count). The summed E-state index contributed by atoms with van der Waals surface area (Å²) in [5.74, 6) is 0. The Bertz CT molecular complexity index is 509. The van der Waals surface area contributed by atoms with Crippen molar-refractivity contribution in [2.45, 2.75) is 43.8 Å². The fraction of sp³-hybridized carbons (Fsp3) is 0.727. The Kier molecular flexibility index (Phi) is 3.74. The van der Waals surface area contributed by atoms with Crippen molar-refractivity contribution in [1.29, 1.82) is 0 Å². The van der Waals surface area contributed by atoms with E-state index >= 15 is 0 Å². The molecule has 0 amide bonds. The van der Waals surface area contributed by atoms with Crippen LogP contribution in [0, 0.1) is 0 Å². The van der Waals surface area contributed by atoms with Crippen LogP contribution in [0.2, 0.25) is 0 Å². The molecular formula is C11H20N4O2S. The first-order chi connectivity index (χ1) is 8.43. The lowest BCUT2D eigenvalue weighted by Gasteiger charge is -2.30. The first-order valence-electron chi connectivity index (χ1n) is 6.22. The third kappa shape index (κ3) is 2.43. The molecule has 0 aromatic carbocycles. The molecule has 0 unspecified atom stereocenters. The van der Waals surface area contributed by atoms with Gasteiger partial charge in [-0.05, 0) is 32.8 Å². The van der Waals surface area contributed by atoms with Crippen molar-refractivity contribution >= 4 is 10.0 Å². The van der Waals surface area contributed by atoms with Gasteiger partial charge in [0.2, 0.25) is 0 Å². The van der Waals surface area contributed by atoms with Gasteiger partial charge in [-0.3, -0.25) is 4.68 Å². The second kappa shape index (κ2) is 4.99. The van der Waals surface area contributed by atoms with Crippen LogP contribution in [0.4, 0.5) is 0 Å². The molecule has 1 fully saturated rings. The van der Waals surface area contributed by atoms with E-state index in [1.165, 1.54) is 15.2 Å². The van der Waals surface area contributed by atoms with Gasteiger partial charge in [-0.15, -0.1) is 0 Å². The van der Waals surface area contributed by atoms with E-state index in [9.17, 15) is 8.42 Å². The molecule has 6 nitrogen and oxygen atoms in total. The molecule has 0 radical (unpaired) electrons. The van der Waals surface area contributed by atoms with Crippen molar-refractivity contribution in [3.05, 3.63) is 12.3 Å². The summed E-state index contributed by atoms with van der Waals surface area (Å²) >= 11 is 0. The molecule has 1 saturated heterocycles. The van der Waals surface area contributed by atoms with Crippen LogP contribution in [0.5, 0.6) is 0 Å². The van der Waals surface area contributed by atoms with E-state index in [0.29, 0.717) is 13.1 Å². The first kappa shape index (κ1) is 13.5. The van der Waals surface area contributed by atoms with Crippen molar-refractivity contribution in [2.24, 2.45) is 5.73 Å². The molecule has 1 aromatic rings. The molecule has 0 spiro atoms. The number of hydrogen-bond acceptors (Lipinski definition) is 4. The minimum absolute atomic E-state index is 0.0169. The van der Waals surface area contributed by atoms with Gasteiger partial charge >= 0.3 is 0 Å². The van der Waals surface area contributed by atoms with Gasteiger partial charge in [0.05, 0.1) is 6.20 Å². The van der Waals surface area contributed by atoms with E-state index in [2.05, 4.69) is 5.10 Å². The van der Waals surface area contributed by atoms with Gasteiger partial charge in [-0.2, -0.15) is 9.40 Å². The Labute approximate surface area is 108 Å². The number of hydrogen-bond donors (Lipinski definition) is 1. The summed E-state index contributed by atoms with van der Waals surface area (Å²) in [5.41, 5.74) is 5.84.